The zero-order valence-electron chi connectivity index (χ0n) is 17.4. The van der Waals surface area contributed by atoms with Gasteiger partial charge in [0.15, 0.2) is 0 Å². The van der Waals surface area contributed by atoms with E-state index in [9.17, 15) is 4.79 Å². The molecule has 2 fully saturated rings. The molecule has 1 aromatic carbocycles. The van der Waals surface area contributed by atoms with E-state index in [1.165, 1.54) is 11.1 Å². The molecule has 0 bridgehead atoms. The number of hydrogen-bond acceptors (Lipinski definition) is 5. The first-order chi connectivity index (χ1) is 14.0. The molecule has 0 N–H and O–H groups in total. The smallest absolute Gasteiger partial charge is 0.269 e. The van der Waals surface area contributed by atoms with Crippen molar-refractivity contribution < 1.29 is 0 Å². The van der Waals surface area contributed by atoms with E-state index in [1.807, 2.05) is 18.3 Å². The van der Waals surface area contributed by atoms with E-state index in [0.717, 1.165) is 69.4 Å². The van der Waals surface area contributed by atoms with E-state index in [2.05, 4.69) is 39.8 Å². The highest BCUT2D eigenvalue weighted by atomic mass is 35.5. The second-order valence-corrected chi connectivity index (χ2v) is 8.83. The number of benzene rings is 1. The molecule has 0 unspecified atom stereocenters. The molecule has 1 aromatic heterocycles. The van der Waals surface area contributed by atoms with Gasteiger partial charge in [0.05, 0.1) is 17.9 Å². The Morgan fingerprint density at radius 2 is 1.93 bits per heavy atom. The van der Waals surface area contributed by atoms with Gasteiger partial charge in [-0.3, -0.25) is 9.69 Å². The highest BCUT2D eigenvalue weighted by Gasteiger charge is 2.24. The zero-order chi connectivity index (χ0) is 20.4. The fourth-order valence-corrected chi connectivity index (χ4v) is 4.60. The topological polar surface area (TPSA) is 44.6 Å². The van der Waals surface area contributed by atoms with Crippen LogP contribution >= 0.6 is 11.6 Å². The van der Waals surface area contributed by atoms with Crippen molar-refractivity contribution in [2.45, 2.75) is 32.4 Å². The second-order valence-electron chi connectivity index (χ2n) is 8.39. The number of rotatable bonds is 4. The van der Waals surface area contributed by atoms with Crippen LogP contribution in [-0.2, 0) is 6.54 Å². The average molecular weight is 416 g/mol. The number of halogens is 1. The van der Waals surface area contributed by atoms with Crippen LogP contribution in [0.25, 0.3) is 0 Å². The van der Waals surface area contributed by atoms with E-state index in [-0.39, 0.29) is 11.6 Å². The molecule has 0 radical (unpaired) electrons. The van der Waals surface area contributed by atoms with Crippen LogP contribution in [0.1, 0.15) is 30.0 Å². The van der Waals surface area contributed by atoms with E-state index < -0.39 is 0 Å². The third-order valence-electron chi connectivity index (χ3n) is 6.21. The van der Waals surface area contributed by atoms with Gasteiger partial charge in [-0.15, -0.1) is 0 Å². The Labute approximate surface area is 177 Å². The predicted octanol–water partition coefficient (Wildman–Crippen LogP) is 2.79. The molecule has 2 aliphatic heterocycles. The number of likely N-dealkylation sites (N-methyl/N-ethyl adjacent to an activating group) is 1. The maximum atomic E-state index is 12.8. The highest BCUT2D eigenvalue weighted by Crippen LogP contribution is 2.24. The summed E-state index contributed by atoms with van der Waals surface area (Å²) in [6.45, 7) is 8.81. The molecule has 29 heavy (non-hydrogen) atoms. The monoisotopic (exact) mass is 415 g/mol. The second kappa shape index (κ2) is 8.86. The van der Waals surface area contributed by atoms with Crippen LogP contribution in [-0.4, -0.2) is 65.9 Å². The minimum absolute atomic E-state index is 0.0101. The standard InChI is InChI=1S/C22H30ClN5O/c1-17-12-19(23)6-5-18(17)15-26-7-3-4-20(16-26)28-22(29)13-21(14-24-28)27-10-8-25(2)9-11-27/h5-6,12-14,20H,3-4,7-11,15-16H2,1-2H3/t20-/m0/s1. The van der Waals surface area contributed by atoms with Crippen LogP contribution in [0.3, 0.4) is 0 Å². The lowest BCUT2D eigenvalue weighted by Crippen LogP contribution is -2.45. The quantitative estimate of drug-likeness (QED) is 0.768. The van der Waals surface area contributed by atoms with Crippen molar-refractivity contribution in [1.29, 1.82) is 0 Å². The molecule has 2 saturated heterocycles. The van der Waals surface area contributed by atoms with Gasteiger partial charge in [0.1, 0.15) is 0 Å². The molecule has 6 nitrogen and oxygen atoms in total. The third kappa shape index (κ3) is 4.82. The first kappa shape index (κ1) is 20.4. The summed E-state index contributed by atoms with van der Waals surface area (Å²) in [6.07, 6.45) is 3.94. The highest BCUT2D eigenvalue weighted by molar-refractivity contribution is 6.30. The molecule has 0 saturated carbocycles. The number of nitrogens with zero attached hydrogens (tertiary/aromatic N) is 5. The SMILES string of the molecule is Cc1cc(Cl)ccc1CN1CCC[C@H](n2ncc(N3CCN(C)CC3)cc2=O)C1. The van der Waals surface area contributed by atoms with E-state index >= 15 is 0 Å². The molecule has 0 spiro atoms. The van der Waals surface area contributed by atoms with Crippen LogP contribution in [0.4, 0.5) is 5.69 Å². The average Bonchev–Trinajstić information content (AvgIpc) is 2.71. The molecule has 4 rings (SSSR count). The fourth-order valence-electron chi connectivity index (χ4n) is 4.37. The van der Waals surface area contributed by atoms with Gasteiger partial charge in [-0.25, -0.2) is 4.68 Å². The summed E-state index contributed by atoms with van der Waals surface area (Å²) in [7, 11) is 2.13. The summed E-state index contributed by atoms with van der Waals surface area (Å²) in [5.74, 6) is 0. The Balaban J connectivity index is 1.44. The van der Waals surface area contributed by atoms with Crippen molar-refractivity contribution in [3.63, 3.8) is 0 Å². The number of piperazine rings is 1. The van der Waals surface area contributed by atoms with Gasteiger partial charge >= 0.3 is 0 Å². The van der Waals surface area contributed by atoms with Gasteiger partial charge in [-0.2, -0.15) is 5.10 Å². The van der Waals surface area contributed by atoms with Gasteiger partial charge in [0, 0.05) is 50.4 Å². The largest absolute Gasteiger partial charge is 0.368 e. The van der Waals surface area contributed by atoms with Crippen molar-refractivity contribution >= 4 is 17.3 Å². The Hall–Kier alpha value is -1.89. The molecule has 156 valence electrons. The number of aromatic nitrogens is 2. The summed E-state index contributed by atoms with van der Waals surface area (Å²) in [4.78, 5) is 19.8. The molecule has 2 aromatic rings. The Kier molecular flexibility index (Phi) is 6.23. The molecule has 2 aliphatic rings. The van der Waals surface area contributed by atoms with Gasteiger partial charge < -0.3 is 9.80 Å². The lowest BCUT2D eigenvalue weighted by atomic mass is 10.0. The van der Waals surface area contributed by atoms with E-state index in [0.29, 0.717) is 0 Å². The number of anilines is 1. The Bertz CT molecular complexity index is 906. The Morgan fingerprint density at radius 1 is 1.14 bits per heavy atom. The minimum Gasteiger partial charge on any atom is -0.368 e. The number of likely N-dealkylation sites (tertiary alicyclic amines) is 1. The van der Waals surface area contributed by atoms with Crippen LogP contribution in [0, 0.1) is 6.92 Å². The van der Waals surface area contributed by atoms with Crippen LogP contribution in [0.5, 0.6) is 0 Å². The lowest BCUT2D eigenvalue weighted by molar-refractivity contribution is 0.159. The van der Waals surface area contributed by atoms with Gasteiger partial charge in [0.25, 0.3) is 5.56 Å². The van der Waals surface area contributed by atoms with E-state index in [1.54, 1.807) is 10.7 Å². The van der Waals surface area contributed by atoms with Crippen LogP contribution < -0.4 is 10.5 Å². The Morgan fingerprint density at radius 3 is 2.66 bits per heavy atom. The van der Waals surface area contributed by atoms with Crippen molar-refractivity contribution in [2.75, 3.05) is 51.2 Å². The predicted molar refractivity (Wildman–Crippen MR) is 118 cm³/mol. The van der Waals surface area contributed by atoms with Crippen LogP contribution in [0.15, 0.2) is 35.3 Å². The third-order valence-corrected chi connectivity index (χ3v) is 6.44. The summed E-state index contributed by atoms with van der Waals surface area (Å²) in [6, 6.07) is 7.97. The molecule has 3 heterocycles. The molecule has 7 heteroatoms. The fraction of sp³-hybridized carbons (Fsp3) is 0.545. The molecule has 0 aliphatic carbocycles. The maximum absolute atomic E-state index is 12.8. The first-order valence-corrected chi connectivity index (χ1v) is 10.9. The molecular weight excluding hydrogens is 386 g/mol. The molecule has 1 atom stereocenters. The summed E-state index contributed by atoms with van der Waals surface area (Å²) in [5, 5.41) is 5.35. The van der Waals surface area contributed by atoms with Crippen molar-refractivity contribution in [3.8, 4) is 0 Å². The first-order valence-electron chi connectivity index (χ1n) is 10.5. The maximum Gasteiger partial charge on any atom is 0.269 e. The van der Waals surface area contributed by atoms with Gasteiger partial charge in [-0.05, 0) is 56.6 Å². The summed E-state index contributed by atoms with van der Waals surface area (Å²) >= 11 is 6.09. The molecular formula is C22H30ClN5O. The molecule has 0 amide bonds. The number of piperidine rings is 1. The van der Waals surface area contributed by atoms with E-state index in [4.69, 9.17) is 11.6 Å². The van der Waals surface area contributed by atoms with Gasteiger partial charge in [0.2, 0.25) is 0 Å². The summed E-state index contributed by atoms with van der Waals surface area (Å²) in [5.41, 5.74) is 3.46. The number of hydrogen-bond donors (Lipinski definition) is 0. The van der Waals surface area contributed by atoms with Crippen LogP contribution in [0.2, 0.25) is 5.02 Å². The van der Waals surface area contributed by atoms with Crippen molar-refractivity contribution in [1.82, 2.24) is 19.6 Å². The zero-order valence-corrected chi connectivity index (χ0v) is 18.1. The normalized spacial score (nSPS) is 21.5. The van der Waals surface area contributed by atoms with Gasteiger partial charge in [-0.1, -0.05) is 17.7 Å². The minimum atomic E-state index is 0.0101. The van der Waals surface area contributed by atoms with Crippen molar-refractivity contribution in [3.05, 3.63) is 57.0 Å². The number of aryl methyl sites for hydroxylation is 1. The summed E-state index contributed by atoms with van der Waals surface area (Å²) < 4.78 is 1.69. The lowest BCUT2D eigenvalue weighted by Gasteiger charge is -2.35. The van der Waals surface area contributed by atoms with Crippen molar-refractivity contribution in [2.24, 2.45) is 0 Å².